The minimum atomic E-state index is -0.453. The van der Waals surface area contributed by atoms with Gasteiger partial charge in [-0.25, -0.2) is 4.79 Å². The predicted octanol–water partition coefficient (Wildman–Crippen LogP) is 7.96. The zero-order valence-electron chi connectivity index (χ0n) is 22.8. The van der Waals surface area contributed by atoms with Crippen molar-refractivity contribution < 1.29 is 18.7 Å². The van der Waals surface area contributed by atoms with Crippen LogP contribution in [0.15, 0.2) is 112 Å². The molecule has 0 spiro atoms. The maximum Gasteiger partial charge on any atom is 0.336 e. The van der Waals surface area contributed by atoms with Gasteiger partial charge in [0.05, 0.1) is 0 Å². The second kappa shape index (κ2) is 11.5. The van der Waals surface area contributed by atoms with Crippen molar-refractivity contribution in [3.63, 3.8) is 0 Å². The van der Waals surface area contributed by atoms with E-state index in [1.165, 1.54) is 11.6 Å². The standard InChI is InChI=1S/C34H31NO5/c1-4-34(2,3)24-10-14-26(15-11-24)39-27-16-12-25(13-17-27)35-32(36)22-38-28-18-19-29-30(23-8-6-5-7-9-23)21-33(37)40-31(29)20-28/h5-21H,4,22H2,1-3H3,(H,35,36). The van der Waals surface area contributed by atoms with E-state index in [1.54, 1.807) is 36.4 Å². The van der Waals surface area contributed by atoms with E-state index in [-0.39, 0.29) is 17.9 Å². The average Bonchev–Trinajstić information content (AvgIpc) is 2.97. The van der Waals surface area contributed by atoms with Crippen LogP contribution in [0.4, 0.5) is 5.69 Å². The van der Waals surface area contributed by atoms with Crippen molar-refractivity contribution in [3.8, 4) is 28.4 Å². The van der Waals surface area contributed by atoms with E-state index in [9.17, 15) is 9.59 Å². The highest BCUT2D eigenvalue weighted by Gasteiger charge is 2.17. The summed E-state index contributed by atoms with van der Waals surface area (Å²) in [5.41, 5.74) is 3.65. The summed E-state index contributed by atoms with van der Waals surface area (Å²) in [6.45, 7) is 6.43. The summed E-state index contributed by atoms with van der Waals surface area (Å²) in [4.78, 5) is 24.7. The minimum Gasteiger partial charge on any atom is -0.484 e. The second-order valence-corrected chi connectivity index (χ2v) is 10.2. The number of amides is 1. The molecule has 0 fully saturated rings. The van der Waals surface area contributed by atoms with E-state index in [0.29, 0.717) is 22.8 Å². The summed E-state index contributed by atoms with van der Waals surface area (Å²) in [5, 5.41) is 3.60. The lowest BCUT2D eigenvalue weighted by Crippen LogP contribution is -2.20. The van der Waals surface area contributed by atoms with Gasteiger partial charge in [0.25, 0.3) is 5.91 Å². The van der Waals surface area contributed by atoms with E-state index in [2.05, 4.69) is 38.2 Å². The molecule has 0 saturated heterocycles. The molecule has 202 valence electrons. The van der Waals surface area contributed by atoms with Gasteiger partial charge >= 0.3 is 5.63 Å². The van der Waals surface area contributed by atoms with Gasteiger partial charge in [-0.3, -0.25) is 4.79 Å². The monoisotopic (exact) mass is 533 g/mol. The van der Waals surface area contributed by atoms with Crippen LogP contribution in [0.5, 0.6) is 17.2 Å². The molecular weight excluding hydrogens is 502 g/mol. The average molecular weight is 534 g/mol. The third-order valence-corrected chi connectivity index (χ3v) is 7.06. The van der Waals surface area contributed by atoms with Crippen molar-refractivity contribution in [3.05, 3.63) is 119 Å². The molecule has 4 aromatic carbocycles. The molecule has 6 heteroatoms. The molecule has 0 unspecified atom stereocenters. The van der Waals surface area contributed by atoms with Crippen molar-refractivity contribution in [2.45, 2.75) is 32.6 Å². The number of rotatable bonds is 9. The van der Waals surface area contributed by atoms with Crippen LogP contribution in [0.25, 0.3) is 22.1 Å². The Kier molecular flexibility index (Phi) is 7.69. The van der Waals surface area contributed by atoms with Gasteiger partial charge in [0.1, 0.15) is 22.8 Å². The lowest BCUT2D eigenvalue weighted by molar-refractivity contribution is -0.118. The van der Waals surface area contributed by atoms with E-state index in [0.717, 1.165) is 28.7 Å². The van der Waals surface area contributed by atoms with Gasteiger partial charge in [0.2, 0.25) is 0 Å². The summed E-state index contributed by atoms with van der Waals surface area (Å²) in [6, 6.07) is 31.6. The maximum atomic E-state index is 12.5. The predicted molar refractivity (Wildman–Crippen MR) is 158 cm³/mol. The molecule has 0 aliphatic heterocycles. The first-order valence-electron chi connectivity index (χ1n) is 13.3. The van der Waals surface area contributed by atoms with E-state index < -0.39 is 5.63 Å². The van der Waals surface area contributed by atoms with Gasteiger partial charge in [-0.2, -0.15) is 0 Å². The number of nitrogens with one attached hydrogen (secondary N) is 1. The Hall–Kier alpha value is -4.84. The van der Waals surface area contributed by atoms with Crippen LogP contribution in [0, 0.1) is 0 Å². The Bertz CT molecular complexity index is 1670. The SMILES string of the molecule is CCC(C)(C)c1ccc(Oc2ccc(NC(=O)COc3ccc4c(-c5ccccc5)cc(=O)oc4c3)cc2)cc1. The molecule has 1 amide bonds. The number of fused-ring (bicyclic) bond motifs is 1. The first kappa shape index (κ1) is 26.8. The molecule has 0 radical (unpaired) electrons. The van der Waals surface area contributed by atoms with Gasteiger partial charge in [0, 0.05) is 23.2 Å². The number of carbonyl (C=O) groups excluding carboxylic acids is 1. The Morgan fingerprint density at radius 2 is 1.48 bits per heavy atom. The van der Waals surface area contributed by atoms with Crippen LogP contribution >= 0.6 is 0 Å². The summed E-state index contributed by atoms with van der Waals surface area (Å²) >= 11 is 0. The topological polar surface area (TPSA) is 77.8 Å². The molecule has 1 N–H and O–H groups in total. The lowest BCUT2D eigenvalue weighted by Gasteiger charge is -2.23. The van der Waals surface area contributed by atoms with Crippen LogP contribution in [-0.2, 0) is 10.2 Å². The van der Waals surface area contributed by atoms with Crippen molar-refractivity contribution in [2.24, 2.45) is 0 Å². The quantitative estimate of drug-likeness (QED) is 0.195. The molecule has 1 heterocycles. The zero-order valence-corrected chi connectivity index (χ0v) is 22.8. The Morgan fingerprint density at radius 3 is 2.15 bits per heavy atom. The molecule has 0 atom stereocenters. The number of benzene rings is 4. The van der Waals surface area contributed by atoms with Gasteiger partial charge in [-0.05, 0) is 77.1 Å². The molecule has 1 aromatic heterocycles. The molecule has 6 nitrogen and oxygen atoms in total. The minimum absolute atomic E-state index is 0.123. The van der Waals surface area contributed by atoms with E-state index in [1.807, 2.05) is 48.5 Å². The van der Waals surface area contributed by atoms with Crippen LogP contribution < -0.4 is 20.4 Å². The molecule has 40 heavy (non-hydrogen) atoms. The molecule has 5 aromatic rings. The molecule has 0 bridgehead atoms. The second-order valence-electron chi connectivity index (χ2n) is 10.2. The molecule has 0 saturated carbocycles. The largest absolute Gasteiger partial charge is 0.484 e. The van der Waals surface area contributed by atoms with Crippen molar-refractivity contribution >= 4 is 22.6 Å². The van der Waals surface area contributed by atoms with Crippen LogP contribution in [0.1, 0.15) is 32.8 Å². The fourth-order valence-electron chi connectivity index (χ4n) is 4.36. The number of hydrogen-bond donors (Lipinski definition) is 1. The number of carbonyl (C=O) groups is 1. The van der Waals surface area contributed by atoms with Gasteiger partial charge in [-0.15, -0.1) is 0 Å². The van der Waals surface area contributed by atoms with Crippen LogP contribution in [0.3, 0.4) is 0 Å². The first-order valence-corrected chi connectivity index (χ1v) is 13.3. The fraction of sp³-hybridized carbons (Fsp3) is 0.176. The van der Waals surface area contributed by atoms with Crippen LogP contribution in [-0.4, -0.2) is 12.5 Å². The Labute approximate surface area is 233 Å². The Balaban J connectivity index is 1.18. The zero-order chi connectivity index (χ0) is 28.1. The fourth-order valence-corrected chi connectivity index (χ4v) is 4.36. The first-order chi connectivity index (χ1) is 19.3. The number of anilines is 1. The normalized spacial score (nSPS) is 11.3. The third-order valence-electron chi connectivity index (χ3n) is 7.06. The Morgan fingerprint density at radius 1 is 0.825 bits per heavy atom. The molecule has 0 aliphatic rings. The summed E-state index contributed by atoms with van der Waals surface area (Å²) in [6.07, 6.45) is 1.06. The molecular formula is C34H31NO5. The van der Waals surface area contributed by atoms with Gasteiger partial charge < -0.3 is 19.2 Å². The van der Waals surface area contributed by atoms with Crippen molar-refractivity contribution in [2.75, 3.05) is 11.9 Å². The highest BCUT2D eigenvalue weighted by molar-refractivity contribution is 5.94. The maximum absolute atomic E-state index is 12.5. The third kappa shape index (κ3) is 6.24. The van der Waals surface area contributed by atoms with E-state index in [4.69, 9.17) is 13.9 Å². The van der Waals surface area contributed by atoms with Gasteiger partial charge in [-0.1, -0.05) is 63.2 Å². The number of ether oxygens (including phenoxy) is 2. The highest BCUT2D eigenvalue weighted by atomic mass is 16.5. The summed E-state index contributed by atoms with van der Waals surface area (Å²) in [7, 11) is 0. The van der Waals surface area contributed by atoms with Crippen molar-refractivity contribution in [1.29, 1.82) is 0 Å². The summed E-state index contributed by atoms with van der Waals surface area (Å²) < 4.78 is 17.0. The highest BCUT2D eigenvalue weighted by Crippen LogP contribution is 2.31. The number of hydrogen-bond acceptors (Lipinski definition) is 5. The molecule has 0 aliphatic carbocycles. The smallest absolute Gasteiger partial charge is 0.336 e. The van der Waals surface area contributed by atoms with Gasteiger partial charge in [0.15, 0.2) is 6.61 Å². The van der Waals surface area contributed by atoms with E-state index >= 15 is 0 Å². The van der Waals surface area contributed by atoms with Crippen molar-refractivity contribution in [1.82, 2.24) is 0 Å². The van der Waals surface area contributed by atoms with Crippen LogP contribution in [0.2, 0.25) is 0 Å². The molecule has 5 rings (SSSR count). The summed E-state index contributed by atoms with van der Waals surface area (Å²) in [5.74, 6) is 1.53. The lowest BCUT2D eigenvalue weighted by atomic mass is 9.82.